The van der Waals surface area contributed by atoms with Crippen LogP contribution in [0.3, 0.4) is 0 Å². The summed E-state index contributed by atoms with van der Waals surface area (Å²) in [6, 6.07) is 2.47. The van der Waals surface area contributed by atoms with E-state index in [1.807, 2.05) is 0 Å². The van der Waals surface area contributed by atoms with Gasteiger partial charge in [-0.25, -0.2) is 8.78 Å². The largest absolute Gasteiger partial charge is 0.406 e. The van der Waals surface area contributed by atoms with Crippen molar-refractivity contribution in [2.24, 2.45) is 5.73 Å². The lowest BCUT2D eigenvalue weighted by molar-refractivity contribution is -0.161. The monoisotopic (exact) mass is 358 g/mol. The Hall–Kier alpha value is -1.41. The van der Waals surface area contributed by atoms with Crippen LogP contribution in [-0.4, -0.2) is 36.1 Å². The summed E-state index contributed by atoms with van der Waals surface area (Å²) in [7, 11) is 0. The third-order valence-corrected chi connectivity index (χ3v) is 3.69. The lowest BCUT2D eigenvalue weighted by Gasteiger charge is -2.26. The summed E-state index contributed by atoms with van der Waals surface area (Å²) >= 11 is 0. The number of carbonyl (C=O) groups excluding carboxylic acids is 1. The van der Waals surface area contributed by atoms with Gasteiger partial charge in [0.2, 0.25) is 5.91 Å². The van der Waals surface area contributed by atoms with Crippen LogP contribution in [0.5, 0.6) is 0 Å². The SMILES string of the molecule is Cl.NC1CCC(c2cccc(F)c2F)CN(CC(F)(F)F)C1=O. The highest BCUT2D eigenvalue weighted by Crippen LogP contribution is 2.30. The Morgan fingerprint density at radius 3 is 2.48 bits per heavy atom. The number of hydrogen-bond acceptors (Lipinski definition) is 2. The van der Waals surface area contributed by atoms with Crippen LogP contribution in [0.25, 0.3) is 0 Å². The van der Waals surface area contributed by atoms with E-state index in [1.165, 1.54) is 12.1 Å². The first-order valence-corrected chi connectivity index (χ1v) is 6.74. The molecule has 23 heavy (non-hydrogen) atoms. The maximum absolute atomic E-state index is 13.8. The molecule has 2 atom stereocenters. The second kappa shape index (κ2) is 7.44. The van der Waals surface area contributed by atoms with E-state index >= 15 is 0 Å². The number of alkyl halides is 3. The molecule has 1 saturated heterocycles. The van der Waals surface area contributed by atoms with Crippen LogP contribution >= 0.6 is 12.4 Å². The first-order valence-electron chi connectivity index (χ1n) is 6.74. The Morgan fingerprint density at radius 2 is 1.87 bits per heavy atom. The van der Waals surface area contributed by atoms with Gasteiger partial charge in [0.1, 0.15) is 6.54 Å². The molecule has 1 aliphatic rings. The molecule has 1 fully saturated rings. The molecule has 1 aromatic rings. The molecule has 1 aromatic carbocycles. The predicted molar refractivity (Wildman–Crippen MR) is 76.2 cm³/mol. The predicted octanol–water partition coefficient (Wildman–Crippen LogP) is 2.98. The van der Waals surface area contributed by atoms with E-state index in [9.17, 15) is 26.7 Å². The topological polar surface area (TPSA) is 46.3 Å². The molecule has 1 heterocycles. The van der Waals surface area contributed by atoms with Gasteiger partial charge in [-0.15, -0.1) is 12.4 Å². The maximum atomic E-state index is 13.8. The summed E-state index contributed by atoms with van der Waals surface area (Å²) < 4.78 is 64.9. The van der Waals surface area contributed by atoms with E-state index in [1.54, 1.807) is 0 Å². The van der Waals surface area contributed by atoms with Gasteiger partial charge in [0.25, 0.3) is 0 Å². The molecule has 2 rings (SSSR count). The summed E-state index contributed by atoms with van der Waals surface area (Å²) in [4.78, 5) is 12.5. The number of rotatable bonds is 2. The third-order valence-electron chi connectivity index (χ3n) is 3.69. The highest BCUT2D eigenvalue weighted by Gasteiger charge is 2.38. The Kier molecular flexibility index (Phi) is 6.35. The molecule has 130 valence electrons. The molecule has 0 aliphatic carbocycles. The number of carbonyl (C=O) groups is 1. The van der Waals surface area contributed by atoms with Crippen molar-refractivity contribution >= 4 is 18.3 Å². The minimum Gasteiger partial charge on any atom is -0.332 e. The van der Waals surface area contributed by atoms with Crippen LogP contribution < -0.4 is 5.73 Å². The molecule has 9 heteroatoms. The van der Waals surface area contributed by atoms with Gasteiger partial charge in [0, 0.05) is 12.5 Å². The number of nitrogens with two attached hydrogens (primary N) is 1. The van der Waals surface area contributed by atoms with E-state index < -0.39 is 42.2 Å². The van der Waals surface area contributed by atoms with Crippen LogP contribution in [0, 0.1) is 11.6 Å². The number of benzene rings is 1. The lowest BCUT2D eigenvalue weighted by atomic mass is 9.93. The lowest BCUT2D eigenvalue weighted by Crippen LogP contribution is -2.46. The van der Waals surface area contributed by atoms with Crippen LogP contribution in [0.4, 0.5) is 22.0 Å². The minimum absolute atomic E-state index is 0. The third kappa shape index (κ3) is 4.78. The highest BCUT2D eigenvalue weighted by molar-refractivity contribution is 5.85. The second-order valence-corrected chi connectivity index (χ2v) is 5.36. The molecule has 0 spiro atoms. The van der Waals surface area contributed by atoms with Crippen molar-refractivity contribution < 1.29 is 26.7 Å². The fourth-order valence-corrected chi connectivity index (χ4v) is 2.63. The summed E-state index contributed by atoms with van der Waals surface area (Å²) in [5, 5.41) is 0. The summed E-state index contributed by atoms with van der Waals surface area (Å²) in [5.74, 6) is -3.71. The average Bonchev–Trinajstić information content (AvgIpc) is 2.54. The van der Waals surface area contributed by atoms with Gasteiger partial charge in [-0.3, -0.25) is 4.79 Å². The molecule has 1 aliphatic heterocycles. The number of nitrogens with zero attached hydrogens (tertiary/aromatic N) is 1. The molecule has 3 nitrogen and oxygen atoms in total. The smallest absolute Gasteiger partial charge is 0.332 e. The molecule has 0 radical (unpaired) electrons. The number of halogens is 6. The quantitative estimate of drug-likeness (QED) is 0.826. The van der Waals surface area contributed by atoms with E-state index in [2.05, 4.69) is 0 Å². The summed E-state index contributed by atoms with van der Waals surface area (Å²) in [5.41, 5.74) is 5.54. The number of hydrogen-bond donors (Lipinski definition) is 1. The first-order chi connectivity index (χ1) is 10.2. The van der Waals surface area contributed by atoms with Gasteiger partial charge in [0.15, 0.2) is 11.6 Å². The van der Waals surface area contributed by atoms with Crippen molar-refractivity contribution in [3.8, 4) is 0 Å². The van der Waals surface area contributed by atoms with Crippen molar-refractivity contribution in [1.29, 1.82) is 0 Å². The van der Waals surface area contributed by atoms with Crippen molar-refractivity contribution in [3.05, 3.63) is 35.4 Å². The maximum Gasteiger partial charge on any atom is 0.406 e. The summed E-state index contributed by atoms with van der Waals surface area (Å²) in [6.45, 7) is -1.79. The van der Waals surface area contributed by atoms with Crippen molar-refractivity contribution in [2.45, 2.75) is 31.0 Å². The van der Waals surface area contributed by atoms with Crippen molar-refractivity contribution in [1.82, 2.24) is 4.90 Å². The zero-order valence-corrected chi connectivity index (χ0v) is 12.8. The van der Waals surface area contributed by atoms with Gasteiger partial charge < -0.3 is 10.6 Å². The molecular weight excluding hydrogens is 343 g/mol. The Morgan fingerprint density at radius 1 is 1.22 bits per heavy atom. The van der Waals surface area contributed by atoms with Gasteiger partial charge in [-0.2, -0.15) is 13.2 Å². The molecule has 0 saturated carbocycles. The Balaban J connectivity index is 0.00000264. The van der Waals surface area contributed by atoms with Crippen molar-refractivity contribution in [3.63, 3.8) is 0 Å². The van der Waals surface area contributed by atoms with Crippen LogP contribution in [0.1, 0.15) is 24.3 Å². The van der Waals surface area contributed by atoms with E-state index in [0.717, 1.165) is 6.07 Å². The van der Waals surface area contributed by atoms with Gasteiger partial charge in [0.05, 0.1) is 6.04 Å². The molecule has 2 unspecified atom stereocenters. The molecule has 1 amide bonds. The molecule has 0 bridgehead atoms. The zero-order valence-electron chi connectivity index (χ0n) is 11.9. The minimum atomic E-state index is -4.58. The summed E-state index contributed by atoms with van der Waals surface area (Å²) in [6.07, 6.45) is -4.25. The fraction of sp³-hybridized carbons (Fsp3) is 0.500. The van der Waals surface area contributed by atoms with Crippen molar-refractivity contribution in [2.75, 3.05) is 13.1 Å². The van der Waals surface area contributed by atoms with Crippen LogP contribution in [0.2, 0.25) is 0 Å². The first kappa shape index (κ1) is 19.6. The Labute approximate surface area is 136 Å². The zero-order chi connectivity index (χ0) is 16.5. The van der Waals surface area contributed by atoms with E-state index in [4.69, 9.17) is 5.73 Å². The van der Waals surface area contributed by atoms with E-state index in [-0.39, 0.29) is 37.4 Å². The number of likely N-dealkylation sites (tertiary alicyclic amines) is 1. The van der Waals surface area contributed by atoms with E-state index in [0.29, 0.717) is 4.90 Å². The van der Waals surface area contributed by atoms with Gasteiger partial charge >= 0.3 is 6.18 Å². The van der Waals surface area contributed by atoms with Crippen LogP contribution in [0.15, 0.2) is 18.2 Å². The van der Waals surface area contributed by atoms with Gasteiger partial charge in [-0.05, 0) is 24.5 Å². The normalized spacial score (nSPS) is 22.5. The fourth-order valence-electron chi connectivity index (χ4n) is 2.63. The number of amides is 1. The van der Waals surface area contributed by atoms with Crippen LogP contribution in [-0.2, 0) is 4.79 Å². The standard InChI is InChI=1S/C14H15F5N2O.ClH/c15-10-3-1-2-9(12(10)16)8-4-5-11(20)13(22)21(6-8)7-14(17,18)19;/h1-3,8,11H,4-7,20H2;1H. The highest BCUT2D eigenvalue weighted by atomic mass is 35.5. The van der Waals surface area contributed by atoms with Gasteiger partial charge in [-0.1, -0.05) is 12.1 Å². The average molecular weight is 359 g/mol. The molecular formula is C14H16ClF5N2O. The Bertz CT molecular complexity index is 567. The molecule has 2 N–H and O–H groups in total. The second-order valence-electron chi connectivity index (χ2n) is 5.36. The molecule has 0 aromatic heterocycles.